The Hall–Kier alpha value is -2.38. The molecular formula is C15H21N3O5. The van der Waals surface area contributed by atoms with Crippen LogP contribution in [0.15, 0.2) is 10.6 Å². The molecule has 1 aliphatic rings. The van der Waals surface area contributed by atoms with Gasteiger partial charge in [-0.15, -0.1) is 0 Å². The molecule has 8 heteroatoms. The summed E-state index contributed by atoms with van der Waals surface area (Å²) >= 11 is 0. The number of esters is 1. The van der Waals surface area contributed by atoms with Gasteiger partial charge in [-0.2, -0.15) is 0 Å². The van der Waals surface area contributed by atoms with Crippen LogP contribution in [-0.4, -0.2) is 51.6 Å². The van der Waals surface area contributed by atoms with E-state index in [1.54, 1.807) is 27.7 Å². The van der Waals surface area contributed by atoms with Crippen molar-refractivity contribution < 1.29 is 23.6 Å². The maximum absolute atomic E-state index is 12.4. The summed E-state index contributed by atoms with van der Waals surface area (Å²) in [5, 5.41) is 6.24. The molecule has 0 atom stereocenters. The zero-order valence-corrected chi connectivity index (χ0v) is 13.8. The van der Waals surface area contributed by atoms with Gasteiger partial charge in [0.15, 0.2) is 5.69 Å². The fourth-order valence-electron chi connectivity index (χ4n) is 2.27. The van der Waals surface area contributed by atoms with Crippen molar-refractivity contribution in [3.63, 3.8) is 0 Å². The molecule has 0 saturated carbocycles. The lowest BCUT2D eigenvalue weighted by Crippen LogP contribution is -2.45. The quantitative estimate of drug-likeness (QED) is 0.615. The van der Waals surface area contributed by atoms with Crippen molar-refractivity contribution in [2.75, 3.05) is 13.1 Å². The Bertz CT molecular complexity index is 617. The molecule has 23 heavy (non-hydrogen) atoms. The molecule has 1 aliphatic heterocycles. The van der Waals surface area contributed by atoms with Crippen LogP contribution in [0.1, 0.15) is 49.9 Å². The Morgan fingerprint density at radius 2 is 1.91 bits per heavy atom. The number of aryl methyl sites for hydroxylation is 1. The van der Waals surface area contributed by atoms with Gasteiger partial charge in [0, 0.05) is 19.2 Å². The van der Waals surface area contributed by atoms with Gasteiger partial charge in [0.25, 0.3) is 11.8 Å². The predicted octanol–water partition coefficient (Wildman–Crippen LogP) is 1.30. The van der Waals surface area contributed by atoms with Gasteiger partial charge in [0.2, 0.25) is 0 Å². The topological polar surface area (TPSA) is 93.0 Å². The number of aromatic nitrogens is 1. The number of rotatable bonds is 3. The highest BCUT2D eigenvalue weighted by atomic mass is 16.6. The fraction of sp³-hybridized carbons (Fsp3) is 0.600. The monoisotopic (exact) mass is 323 g/mol. The van der Waals surface area contributed by atoms with Gasteiger partial charge < -0.3 is 9.26 Å². The molecule has 2 amide bonds. The first-order chi connectivity index (χ1) is 10.7. The summed E-state index contributed by atoms with van der Waals surface area (Å²) in [5.41, 5.74) is -0.518. The first-order valence-corrected chi connectivity index (χ1v) is 7.45. The predicted molar refractivity (Wildman–Crippen MR) is 79.1 cm³/mol. The lowest BCUT2D eigenvalue weighted by Gasteiger charge is -2.27. The SMILES string of the molecule is Cc1cc(C(=O)N2CCCN2C(=O)CC(=O)OC(C)(C)C)no1. The lowest BCUT2D eigenvalue weighted by atomic mass is 10.2. The van der Waals surface area contributed by atoms with Crippen molar-refractivity contribution in [3.05, 3.63) is 17.5 Å². The van der Waals surface area contributed by atoms with Crippen LogP contribution >= 0.6 is 0 Å². The Morgan fingerprint density at radius 3 is 2.48 bits per heavy atom. The highest BCUT2D eigenvalue weighted by Gasteiger charge is 2.34. The second-order valence-corrected chi connectivity index (χ2v) is 6.38. The molecule has 0 aliphatic carbocycles. The maximum atomic E-state index is 12.4. The molecular weight excluding hydrogens is 302 g/mol. The van der Waals surface area contributed by atoms with Crippen molar-refractivity contribution in [1.82, 2.24) is 15.2 Å². The summed E-state index contributed by atoms with van der Waals surface area (Å²) in [6.07, 6.45) is 0.238. The molecule has 0 aromatic carbocycles. The Morgan fingerprint density at radius 1 is 1.26 bits per heavy atom. The van der Waals surface area contributed by atoms with Crippen molar-refractivity contribution in [3.8, 4) is 0 Å². The highest BCUT2D eigenvalue weighted by Crippen LogP contribution is 2.17. The summed E-state index contributed by atoms with van der Waals surface area (Å²) < 4.78 is 10.0. The second-order valence-electron chi connectivity index (χ2n) is 6.38. The number of carbonyl (C=O) groups excluding carboxylic acids is 3. The van der Waals surface area contributed by atoms with Crippen molar-refractivity contribution >= 4 is 17.8 Å². The number of nitrogens with zero attached hydrogens (tertiary/aromatic N) is 3. The van der Waals surface area contributed by atoms with Crippen LogP contribution in [0.2, 0.25) is 0 Å². The summed E-state index contributed by atoms with van der Waals surface area (Å²) in [5.74, 6) is -0.986. The second kappa shape index (κ2) is 6.39. The van der Waals surface area contributed by atoms with Crippen LogP contribution in [0.4, 0.5) is 0 Å². The summed E-state index contributed by atoms with van der Waals surface area (Å²) in [4.78, 5) is 36.4. The van der Waals surface area contributed by atoms with Gasteiger partial charge >= 0.3 is 5.97 Å². The Kier molecular flexibility index (Phi) is 4.72. The molecule has 1 aromatic rings. The largest absolute Gasteiger partial charge is 0.460 e. The molecule has 1 aromatic heterocycles. The van der Waals surface area contributed by atoms with E-state index in [4.69, 9.17) is 9.26 Å². The van der Waals surface area contributed by atoms with E-state index >= 15 is 0 Å². The van der Waals surface area contributed by atoms with E-state index < -0.39 is 29.8 Å². The van der Waals surface area contributed by atoms with Gasteiger partial charge in [-0.25, -0.2) is 5.01 Å². The number of carbonyl (C=O) groups is 3. The van der Waals surface area contributed by atoms with E-state index in [0.717, 1.165) is 0 Å². The average Bonchev–Trinajstić information content (AvgIpc) is 3.03. The summed E-state index contributed by atoms with van der Waals surface area (Å²) in [6, 6.07) is 1.51. The minimum Gasteiger partial charge on any atom is -0.460 e. The number of hydrazine groups is 1. The van der Waals surface area contributed by atoms with Gasteiger partial charge in [0.1, 0.15) is 17.8 Å². The van der Waals surface area contributed by atoms with E-state index in [1.165, 1.54) is 16.1 Å². The van der Waals surface area contributed by atoms with E-state index in [0.29, 0.717) is 25.3 Å². The third-order valence-corrected chi connectivity index (χ3v) is 3.12. The molecule has 8 nitrogen and oxygen atoms in total. The molecule has 0 spiro atoms. The van der Waals surface area contributed by atoms with Gasteiger partial charge in [-0.3, -0.25) is 19.4 Å². The van der Waals surface area contributed by atoms with Gasteiger partial charge in [0.05, 0.1) is 0 Å². The Balaban J connectivity index is 2.02. The Labute approximate surface area is 134 Å². The van der Waals surface area contributed by atoms with E-state index in [1.807, 2.05) is 0 Å². The number of amides is 2. The molecule has 1 saturated heterocycles. The van der Waals surface area contributed by atoms with Crippen LogP contribution in [0.5, 0.6) is 0 Å². The summed E-state index contributed by atoms with van der Waals surface area (Å²) in [6.45, 7) is 7.64. The molecule has 0 N–H and O–H groups in total. The number of hydrogen-bond acceptors (Lipinski definition) is 6. The van der Waals surface area contributed by atoms with Gasteiger partial charge in [-0.05, 0) is 34.1 Å². The molecule has 1 fully saturated rings. The highest BCUT2D eigenvalue weighted by molar-refractivity contribution is 5.98. The molecule has 2 heterocycles. The van der Waals surface area contributed by atoms with E-state index in [-0.39, 0.29) is 5.69 Å². The van der Waals surface area contributed by atoms with E-state index in [9.17, 15) is 14.4 Å². The zero-order valence-electron chi connectivity index (χ0n) is 13.8. The van der Waals surface area contributed by atoms with Crippen LogP contribution < -0.4 is 0 Å². The molecule has 126 valence electrons. The van der Waals surface area contributed by atoms with Gasteiger partial charge in [-0.1, -0.05) is 5.16 Å². The van der Waals surface area contributed by atoms with E-state index in [2.05, 4.69) is 5.16 Å². The third-order valence-electron chi connectivity index (χ3n) is 3.12. The van der Waals surface area contributed by atoms with Crippen molar-refractivity contribution in [2.45, 2.75) is 46.1 Å². The minimum atomic E-state index is -0.657. The smallest absolute Gasteiger partial charge is 0.315 e. The number of hydrogen-bond donors (Lipinski definition) is 0. The number of ether oxygens (including phenoxy) is 1. The maximum Gasteiger partial charge on any atom is 0.315 e. The zero-order chi connectivity index (χ0) is 17.2. The minimum absolute atomic E-state index is 0.138. The standard InChI is InChI=1S/C15H21N3O5/c1-10-8-11(16-23-10)14(21)18-7-5-6-17(18)12(19)9-13(20)22-15(2,3)4/h8H,5-7,9H2,1-4H3. The lowest BCUT2D eigenvalue weighted by molar-refractivity contribution is -0.160. The van der Waals surface area contributed by atoms with Crippen LogP contribution in [0, 0.1) is 6.92 Å². The average molecular weight is 323 g/mol. The first-order valence-electron chi connectivity index (χ1n) is 7.45. The first kappa shape index (κ1) is 17.0. The van der Waals surface area contributed by atoms with Crippen LogP contribution in [0.25, 0.3) is 0 Å². The molecule has 2 rings (SSSR count). The van der Waals surface area contributed by atoms with Crippen molar-refractivity contribution in [2.24, 2.45) is 0 Å². The summed E-state index contributed by atoms with van der Waals surface area (Å²) in [7, 11) is 0. The normalized spacial score (nSPS) is 15.0. The molecule has 0 bridgehead atoms. The van der Waals surface area contributed by atoms with Crippen LogP contribution in [0.3, 0.4) is 0 Å². The molecule has 0 unspecified atom stereocenters. The van der Waals surface area contributed by atoms with Crippen molar-refractivity contribution in [1.29, 1.82) is 0 Å². The molecule has 0 radical (unpaired) electrons. The third kappa shape index (κ3) is 4.30. The van der Waals surface area contributed by atoms with Crippen LogP contribution in [-0.2, 0) is 14.3 Å². The fourth-order valence-corrected chi connectivity index (χ4v) is 2.27.